The van der Waals surface area contributed by atoms with Crippen molar-refractivity contribution in [2.75, 3.05) is 0 Å². The van der Waals surface area contributed by atoms with Gasteiger partial charge in [-0.05, 0) is 28.9 Å². The number of nitrogens with zero attached hydrogens (tertiary/aromatic N) is 4. The van der Waals surface area contributed by atoms with Gasteiger partial charge in [-0.3, -0.25) is 0 Å². The minimum Gasteiger partial charge on any atom is -0.436 e. The molecule has 5 nitrogen and oxygen atoms in total. The zero-order valence-corrected chi connectivity index (χ0v) is 10.7. The molecule has 0 N–H and O–H groups in total. The summed E-state index contributed by atoms with van der Waals surface area (Å²) in [7, 11) is 0. The van der Waals surface area contributed by atoms with Gasteiger partial charge >= 0.3 is 0 Å². The number of aromatic nitrogens is 3. The molecule has 0 aromatic carbocycles. The molecule has 0 saturated heterocycles. The van der Waals surface area contributed by atoms with Crippen molar-refractivity contribution in [3.63, 3.8) is 0 Å². The maximum absolute atomic E-state index is 8.93. The minimum absolute atomic E-state index is 0.247. The smallest absolute Gasteiger partial charge is 0.217 e. The Labute approximate surface area is 107 Å². The van der Waals surface area contributed by atoms with E-state index in [-0.39, 0.29) is 5.69 Å². The Morgan fingerprint density at radius 2 is 2.41 bits per heavy atom. The van der Waals surface area contributed by atoms with E-state index in [0.29, 0.717) is 18.2 Å². The third-order valence-corrected chi connectivity index (χ3v) is 2.55. The number of hydrogen-bond donors (Lipinski definition) is 0. The standard InChI is InChI=1S/C11H9BrN4O/c1-2-16-11(3-4-15-16)17-10-5-8(12)7-14-9(10)6-13/h3-5,7H,2H2,1H3. The third kappa shape index (κ3) is 2.45. The minimum atomic E-state index is 0.247. The maximum atomic E-state index is 8.93. The number of aryl methyl sites for hydroxylation is 1. The van der Waals surface area contributed by atoms with Gasteiger partial charge in [-0.15, -0.1) is 0 Å². The normalized spacial score (nSPS) is 9.94. The van der Waals surface area contributed by atoms with E-state index in [0.717, 1.165) is 4.47 Å². The van der Waals surface area contributed by atoms with E-state index in [1.165, 1.54) is 0 Å². The summed E-state index contributed by atoms with van der Waals surface area (Å²) in [6, 6.07) is 5.43. The summed E-state index contributed by atoms with van der Waals surface area (Å²) in [6.45, 7) is 2.66. The molecular formula is C11H9BrN4O. The van der Waals surface area contributed by atoms with Crippen LogP contribution in [0.25, 0.3) is 0 Å². The van der Waals surface area contributed by atoms with Gasteiger partial charge in [-0.25, -0.2) is 9.67 Å². The molecule has 86 valence electrons. The molecule has 0 atom stereocenters. The van der Waals surface area contributed by atoms with Crippen LogP contribution in [0.5, 0.6) is 11.6 Å². The van der Waals surface area contributed by atoms with Gasteiger partial charge in [0.05, 0.1) is 6.20 Å². The molecule has 2 rings (SSSR count). The van der Waals surface area contributed by atoms with Gasteiger partial charge in [0.2, 0.25) is 5.88 Å². The first-order valence-corrected chi connectivity index (χ1v) is 5.79. The monoisotopic (exact) mass is 292 g/mol. The highest BCUT2D eigenvalue weighted by Crippen LogP contribution is 2.26. The largest absolute Gasteiger partial charge is 0.436 e. The van der Waals surface area contributed by atoms with Crippen LogP contribution in [-0.4, -0.2) is 14.8 Å². The van der Waals surface area contributed by atoms with E-state index in [4.69, 9.17) is 10.00 Å². The lowest BCUT2D eigenvalue weighted by Gasteiger charge is -2.08. The maximum Gasteiger partial charge on any atom is 0.217 e. The van der Waals surface area contributed by atoms with Crippen LogP contribution in [0.15, 0.2) is 29.0 Å². The molecule has 0 fully saturated rings. The van der Waals surface area contributed by atoms with Crippen molar-refractivity contribution < 1.29 is 4.74 Å². The Hall–Kier alpha value is -1.87. The average molecular weight is 293 g/mol. The van der Waals surface area contributed by atoms with Crippen molar-refractivity contribution in [2.24, 2.45) is 0 Å². The van der Waals surface area contributed by atoms with Crippen LogP contribution in [0.4, 0.5) is 0 Å². The molecule has 0 bridgehead atoms. The van der Waals surface area contributed by atoms with Crippen molar-refractivity contribution in [1.29, 1.82) is 5.26 Å². The number of pyridine rings is 1. The van der Waals surface area contributed by atoms with Gasteiger partial charge < -0.3 is 4.74 Å². The Morgan fingerprint density at radius 3 is 3.12 bits per heavy atom. The quantitative estimate of drug-likeness (QED) is 0.872. The highest BCUT2D eigenvalue weighted by Gasteiger charge is 2.09. The van der Waals surface area contributed by atoms with Gasteiger partial charge in [0, 0.05) is 23.3 Å². The van der Waals surface area contributed by atoms with Gasteiger partial charge in [0.15, 0.2) is 11.4 Å². The Bertz CT molecular complexity index is 573. The van der Waals surface area contributed by atoms with Crippen LogP contribution >= 0.6 is 15.9 Å². The second-order valence-corrected chi connectivity index (χ2v) is 4.12. The van der Waals surface area contributed by atoms with Crippen molar-refractivity contribution in [3.05, 3.63) is 34.7 Å². The second kappa shape index (κ2) is 4.97. The molecular weight excluding hydrogens is 284 g/mol. The number of rotatable bonds is 3. The topological polar surface area (TPSA) is 63.7 Å². The van der Waals surface area contributed by atoms with Gasteiger partial charge in [0.1, 0.15) is 6.07 Å². The summed E-state index contributed by atoms with van der Waals surface area (Å²) >= 11 is 3.29. The number of ether oxygens (including phenoxy) is 1. The summed E-state index contributed by atoms with van der Waals surface area (Å²) in [5.74, 6) is 1.00. The zero-order valence-electron chi connectivity index (χ0n) is 9.09. The highest BCUT2D eigenvalue weighted by atomic mass is 79.9. The average Bonchev–Trinajstić information content (AvgIpc) is 2.77. The van der Waals surface area contributed by atoms with Crippen LogP contribution in [0.1, 0.15) is 12.6 Å². The molecule has 0 saturated carbocycles. The predicted octanol–water partition coefficient (Wildman–Crippen LogP) is 2.72. The van der Waals surface area contributed by atoms with Gasteiger partial charge in [-0.1, -0.05) is 0 Å². The molecule has 2 heterocycles. The SMILES string of the molecule is CCn1nccc1Oc1cc(Br)cnc1C#N. The first kappa shape index (κ1) is 11.6. The molecule has 0 spiro atoms. The lowest BCUT2D eigenvalue weighted by molar-refractivity contribution is 0.414. The molecule has 0 radical (unpaired) electrons. The number of halogens is 1. The molecule has 17 heavy (non-hydrogen) atoms. The Balaban J connectivity index is 2.36. The van der Waals surface area contributed by atoms with E-state index < -0.39 is 0 Å². The van der Waals surface area contributed by atoms with E-state index in [1.807, 2.05) is 13.0 Å². The van der Waals surface area contributed by atoms with Crippen molar-refractivity contribution in [2.45, 2.75) is 13.5 Å². The van der Waals surface area contributed by atoms with Crippen molar-refractivity contribution in [1.82, 2.24) is 14.8 Å². The van der Waals surface area contributed by atoms with Gasteiger partial charge in [-0.2, -0.15) is 10.4 Å². The molecule has 0 aliphatic heterocycles. The van der Waals surface area contributed by atoms with E-state index in [9.17, 15) is 0 Å². The van der Waals surface area contributed by atoms with E-state index >= 15 is 0 Å². The lowest BCUT2D eigenvalue weighted by atomic mass is 10.3. The first-order chi connectivity index (χ1) is 8.24. The molecule has 0 aliphatic carbocycles. The van der Waals surface area contributed by atoms with Crippen LogP contribution in [0.2, 0.25) is 0 Å². The van der Waals surface area contributed by atoms with Crippen LogP contribution in [0, 0.1) is 11.3 Å². The molecule has 0 unspecified atom stereocenters. The summed E-state index contributed by atoms with van der Waals surface area (Å²) in [5, 5.41) is 13.0. The predicted molar refractivity (Wildman–Crippen MR) is 64.6 cm³/mol. The second-order valence-electron chi connectivity index (χ2n) is 3.20. The summed E-state index contributed by atoms with van der Waals surface area (Å²) in [6.07, 6.45) is 3.21. The lowest BCUT2D eigenvalue weighted by Crippen LogP contribution is -2.00. The molecule has 0 amide bonds. The summed E-state index contributed by atoms with van der Waals surface area (Å²) in [4.78, 5) is 3.97. The number of hydrogen-bond acceptors (Lipinski definition) is 4. The van der Waals surface area contributed by atoms with Crippen molar-refractivity contribution in [3.8, 4) is 17.7 Å². The molecule has 2 aromatic rings. The highest BCUT2D eigenvalue weighted by molar-refractivity contribution is 9.10. The van der Waals surface area contributed by atoms with E-state index in [1.54, 1.807) is 29.2 Å². The van der Waals surface area contributed by atoms with Gasteiger partial charge in [0.25, 0.3) is 0 Å². The first-order valence-electron chi connectivity index (χ1n) is 5.00. The fraction of sp³-hybridized carbons (Fsp3) is 0.182. The number of nitriles is 1. The van der Waals surface area contributed by atoms with Crippen LogP contribution in [0.3, 0.4) is 0 Å². The van der Waals surface area contributed by atoms with Crippen LogP contribution in [-0.2, 0) is 6.54 Å². The molecule has 2 aromatic heterocycles. The van der Waals surface area contributed by atoms with Crippen molar-refractivity contribution >= 4 is 15.9 Å². The third-order valence-electron chi connectivity index (χ3n) is 2.12. The zero-order chi connectivity index (χ0) is 12.3. The Kier molecular flexibility index (Phi) is 3.40. The molecule has 6 heteroatoms. The summed E-state index contributed by atoms with van der Waals surface area (Å²) < 4.78 is 8.08. The summed E-state index contributed by atoms with van der Waals surface area (Å²) in [5.41, 5.74) is 0.247. The fourth-order valence-electron chi connectivity index (χ4n) is 1.34. The fourth-order valence-corrected chi connectivity index (χ4v) is 1.65. The molecule has 0 aliphatic rings. The Morgan fingerprint density at radius 1 is 1.59 bits per heavy atom. The van der Waals surface area contributed by atoms with E-state index in [2.05, 4.69) is 26.0 Å². The van der Waals surface area contributed by atoms with Crippen LogP contribution < -0.4 is 4.74 Å².